The minimum atomic E-state index is -5.08. The SMILES string of the molecule is CNC1(C)C=C(C(F)(F)F)C=CC1N.O=C(O)C(F)(F)F.O=C(O)C(F)(F)F. The van der Waals surface area contributed by atoms with Crippen LogP contribution in [0, 0.1) is 0 Å². The van der Waals surface area contributed by atoms with Gasteiger partial charge in [-0.05, 0) is 14.0 Å². The molecule has 2 atom stereocenters. The first-order valence-electron chi connectivity index (χ1n) is 6.71. The van der Waals surface area contributed by atoms with Crippen molar-refractivity contribution in [3.8, 4) is 0 Å². The van der Waals surface area contributed by atoms with Gasteiger partial charge in [0.05, 0.1) is 11.1 Å². The van der Waals surface area contributed by atoms with E-state index in [1.807, 2.05) is 0 Å². The molecule has 0 heterocycles. The molecule has 0 aromatic carbocycles. The monoisotopic (exact) mass is 434 g/mol. The van der Waals surface area contributed by atoms with Gasteiger partial charge in [-0.2, -0.15) is 39.5 Å². The molecule has 0 aliphatic heterocycles. The Bertz CT molecular complexity index is 585. The predicted octanol–water partition coefficient (Wildman–Crippen LogP) is 2.62. The van der Waals surface area contributed by atoms with E-state index in [1.54, 1.807) is 14.0 Å². The molecular weight excluding hydrogens is 419 g/mol. The molecule has 2 unspecified atom stereocenters. The van der Waals surface area contributed by atoms with Gasteiger partial charge in [-0.15, -0.1) is 0 Å². The van der Waals surface area contributed by atoms with Crippen LogP contribution in [0.3, 0.4) is 0 Å². The van der Waals surface area contributed by atoms with E-state index in [9.17, 15) is 39.5 Å². The fourth-order valence-electron chi connectivity index (χ4n) is 1.29. The van der Waals surface area contributed by atoms with Crippen molar-refractivity contribution >= 4 is 11.9 Å². The third-order valence-corrected chi connectivity index (χ3v) is 2.98. The van der Waals surface area contributed by atoms with E-state index in [0.29, 0.717) is 0 Å². The minimum absolute atomic E-state index is 0.446. The fourth-order valence-corrected chi connectivity index (χ4v) is 1.29. The van der Waals surface area contributed by atoms with Crippen LogP contribution in [0.25, 0.3) is 0 Å². The van der Waals surface area contributed by atoms with Crippen LogP contribution < -0.4 is 11.1 Å². The Kier molecular flexibility index (Phi) is 9.74. The first-order chi connectivity index (χ1) is 12.2. The summed E-state index contributed by atoms with van der Waals surface area (Å²) < 4.78 is 101. The van der Waals surface area contributed by atoms with E-state index in [4.69, 9.17) is 25.5 Å². The summed E-state index contributed by atoms with van der Waals surface area (Å²) in [6, 6.07) is -0.446. The van der Waals surface area contributed by atoms with E-state index in [2.05, 4.69) is 5.32 Å². The van der Waals surface area contributed by atoms with Gasteiger partial charge in [0, 0.05) is 6.04 Å². The van der Waals surface area contributed by atoms with E-state index in [0.717, 1.165) is 12.2 Å². The molecule has 0 saturated carbocycles. The number of hydrogen-bond donors (Lipinski definition) is 4. The zero-order valence-corrected chi connectivity index (χ0v) is 14.0. The molecule has 1 aliphatic rings. The third kappa shape index (κ3) is 10.1. The van der Waals surface area contributed by atoms with Crippen LogP contribution in [0.2, 0.25) is 0 Å². The number of allylic oxidation sites excluding steroid dienone is 2. The topological polar surface area (TPSA) is 113 Å². The van der Waals surface area contributed by atoms with Gasteiger partial charge in [0.2, 0.25) is 0 Å². The van der Waals surface area contributed by atoms with Crippen LogP contribution in [0.15, 0.2) is 23.8 Å². The van der Waals surface area contributed by atoms with Crippen LogP contribution in [0.1, 0.15) is 6.92 Å². The molecule has 0 bridgehead atoms. The molecule has 5 N–H and O–H groups in total. The Morgan fingerprint density at radius 2 is 1.32 bits per heavy atom. The lowest BCUT2D eigenvalue weighted by Crippen LogP contribution is -2.54. The van der Waals surface area contributed by atoms with Crippen molar-refractivity contribution in [2.24, 2.45) is 5.73 Å². The molecule has 0 fully saturated rings. The number of likely N-dealkylation sites (N-methyl/N-ethyl adjacent to an activating group) is 1. The fraction of sp³-hybridized carbons (Fsp3) is 0.538. The van der Waals surface area contributed by atoms with E-state index >= 15 is 0 Å². The first kappa shape index (κ1) is 27.9. The number of alkyl halides is 9. The second-order valence-corrected chi connectivity index (χ2v) is 5.12. The predicted molar refractivity (Wildman–Crippen MR) is 76.1 cm³/mol. The van der Waals surface area contributed by atoms with Gasteiger partial charge in [-0.3, -0.25) is 0 Å². The summed E-state index contributed by atoms with van der Waals surface area (Å²) in [4.78, 5) is 17.8. The first-order valence-corrected chi connectivity index (χ1v) is 6.71. The second-order valence-electron chi connectivity index (χ2n) is 5.12. The summed E-state index contributed by atoms with van der Waals surface area (Å²) in [5, 5.41) is 17.0. The third-order valence-electron chi connectivity index (χ3n) is 2.98. The summed E-state index contributed by atoms with van der Waals surface area (Å²) >= 11 is 0. The molecule has 0 saturated heterocycles. The summed E-state index contributed by atoms with van der Waals surface area (Å²) in [5.41, 5.74) is 4.18. The van der Waals surface area contributed by atoms with Crippen molar-refractivity contribution in [3.05, 3.63) is 23.8 Å². The average Bonchev–Trinajstić information content (AvgIpc) is 2.48. The lowest BCUT2D eigenvalue weighted by atomic mass is 9.86. The highest BCUT2D eigenvalue weighted by Crippen LogP contribution is 2.32. The smallest absolute Gasteiger partial charge is 0.475 e. The maximum absolute atomic E-state index is 12.4. The van der Waals surface area contributed by atoms with Crippen molar-refractivity contribution in [3.63, 3.8) is 0 Å². The van der Waals surface area contributed by atoms with Gasteiger partial charge >= 0.3 is 30.5 Å². The molecule has 0 aromatic rings. The summed E-state index contributed by atoms with van der Waals surface area (Å²) in [6.45, 7) is 1.63. The highest BCUT2D eigenvalue weighted by atomic mass is 19.4. The zero-order chi connectivity index (χ0) is 23.1. The van der Waals surface area contributed by atoms with E-state index in [1.165, 1.54) is 6.08 Å². The van der Waals surface area contributed by atoms with E-state index < -0.39 is 47.6 Å². The van der Waals surface area contributed by atoms with Crippen molar-refractivity contribution in [2.45, 2.75) is 37.0 Å². The molecule has 0 spiro atoms. The molecule has 1 aliphatic carbocycles. The molecule has 164 valence electrons. The maximum Gasteiger partial charge on any atom is 0.490 e. The van der Waals surface area contributed by atoms with Crippen molar-refractivity contribution in [1.29, 1.82) is 0 Å². The number of halogens is 9. The molecule has 0 aromatic heterocycles. The van der Waals surface area contributed by atoms with Gasteiger partial charge in [0.25, 0.3) is 0 Å². The van der Waals surface area contributed by atoms with Gasteiger partial charge in [0.1, 0.15) is 0 Å². The molecule has 1 rings (SSSR count). The van der Waals surface area contributed by atoms with Crippen LogP contribution >= 0.6 is 0 Å². The molecule has 15 heteroatoms. The maximum atomic E-state index is 12.4. The second kappa shape index (κ2) is 9.77. The minimum Gasteiger partial charge on any atom is -0.475 e. The Balaban J connectivity index is 0. The summed E-state index contributed by atoms with van der Waals surface area (Å²) in [6.07, 6.45) is -11.0. The molecule has 6 nitrogen and oxygen atoms in total. The number of rotatable bonds is 1. The van der Waals surface area contributed by atoms with Gasteiger partial charge in [-0.1, -0.05) is 18.2 Å². The van der Waals surface area contributed by atoms with Crippen LogP contribution in [-0.4, -0.2) is 59.3 Å². The normalized spacial score (nSPS) is 22.1. The number of aliphatic carboxylic acids is 2. The number of carbonyl (C=O) groups is 2. The van der Waals surface area contributed by atoms with Crippen LogP contribution in [0.5, 0.6) is 0 Å². The number of nitrogens with two attached hydrogens (primary N) is 1. The number of nitrogens with one attached hydrogen (secondary N) is 1. The molecule has 28 heavy (non-hydrogen) atoms. The highest BCUT2D eigenvalue weighted by molar-refractivity contribution is 5.73. The summed E-state index contributed by atoms with van der Waals surface area (Å²) in [7, 11) is 1.59. The molecule has 0 amide bonds. The lowest BCUT2D eigenvalue weighted by Gasteiger charge is -2.34. The van der Waals surface area contributed by atoms with Crippen LogP contribution in [-0.2, 0) is 9.59 Å². The van der Waals surface area contributed by atoms with Crippen molar-refractivity contribution in [2.75, 3.05) is 7.05 Å². The summed E-state index contributed by atoms with van der Waals surface area (Å²) in [5.74, 6) is -5.51. The standard InChI is InChI=1S/C9H13F3N2.2C2HF3O2/c1-8(14-2)5-6(9(10,11)12)3-4-7(8)13;2*3-2(4,5)1(6)7/h3-5,7,14H,13H2,1-2H3;2*(H,6,7). The molecular formula is C13H15F9N2O4. The Hall–Kier alpha value is -2.29. The Morgan fingerprint density at radius 3 is 1.54 bits per heavy atom. The van der Waals surface area contributed by atoms with Crippen LogP contribution in [0.4, 0.5) is 39.5 Å². The number of carboxylic acid groups (broad SMARTS) is 2. The van der Waals surface area contributed by atoms with E-state index in [-0.39, 0.29) is 0 Å². The lowest BCUT2D eigenvalue weighted by molar-refractivity contribution is -0.193. The molecule has 0 radical (unpaired) electrons. The average molecular weight is 434 g/mol. The largest absolute Gasteiger partial charge is 0.490 e. The highest BCUT2D eigenvalue weighted by Gasteiger charge is 2.39. The Labute approximate surface area is 151 Å². The van der Waals surface area contributed by atoms with Gasteiger partial charge in [0.15, 0.2) is 0 Å². The van der Waals surface area contributed by atoms with Crippen molar-refractivity contribution < 1.29 is 59.3 Å². The number of hydrogen-bond acceptors (Lipinski definition) is 4. The van der Waals surface area contributed by atoms with Crippen molar-refractivity contribution in [1.82, 2.24) is 5.32 Å². The number of carboxylic acids is 2. The Morgan fingerprint density at radius 1 is 1.00 bits per heavy atom. The zero-order valence-electron chi connectivity index (χ0n) is 14.0. The van der Waals surface area contributed by atoms with Gasteiger partial charge in [-0.25, -0.2) is 9.59 Å². The quantitative estimate of drug-likeness (QED) is 0.472. The van der Waals surface area contributed by atoms with Gasteiger partial charge < -0.3 is 21.3 Å².